The number of aryl methyl sites for hydroxylation is 2. The highest BCUT2D eigenvalue weighted by Crippen LogP contribution is 2.16. The Morgan fingerprint density at radius 2 is 1.72 bits per heavy atom. The fraction of sp³-hybridized carbons (Fsp3) is 0.800. The van der Waals surface area contributed by atoms with Gasteiger partial charge in [0, 0.05) is 24.3 Å². The highest BCUT2D eigenvalue weighted by molar-refractivity contribution is 5.26. The second kappa shape index (κ2) is 8.30. The zero-order valence-corrected chi connectivity index (χ0v) is 12.3. The summed E-state index contributed by atoms with van der Waals surface area (Å²) in [6.45, 7) is 8.29. The van der Waals surface area contributed by atoms with Crippen molar-refractivity contribution in [2.24, 2.45) is 5.73 Å². The lowest BCUT2D eigenvalue weighted by Gasteiger charge is -2.07. The number of aromatic nitrogens is 2. The minimum Gasteiger partial charge on any atom is -0.326 e. The van der Waals surface area contributed by atoms with Gasteiger partial charge in [0.25, 0.3) is 0 Å². The lowest BCUT2D eigenvalue weighted by atomic mass is 10.1. The maximum absolute atomic E-state index is 5.86. The van der Waals surface area contributed by atoms with Crippen LogP contribution in [0.1, 0.15) is 69.8 Å². The highest BCUT2D eigenvalue weighted by atomic mass is 15.3. The molecule has 104 valence electrons. The van der Waals surface area contributed by atoms with E-state index in [0.29, 0.717) is 6.54 Å². The minimum atomic E-state index is 0.627. The van der Waals surface area contributed by atoms with E-state index in [1.165, 1.54) is 49.1 Å². The molecule has 18 heavy (non-hydrogen) atoms. The van der Waals surface area contributed by atoms with Crippen molar-refractivity contribution >= 4 is 0 Å². The van der Waals surface area contributed by atoms with Crippen LogP contribution in [0, 0.1) is 0 Å². The Labute approximate surface area is 112 Å². The molecule has 1 aromatic rings. The summed E-state index contributed by atoms with van der Waals surface area (Å²) >= 11 is 0. The molecule has 0 radical (unpaired) electrons. The molecule has 0 aliphatic carbocycles. The average molecular weight is 251 g/mol. The van der Waals surface area contributed by atoms with Crippen LogP contribution in [0.4, 0.5) is 0 Å². The van der Waals surface area contributed by atoms with Crippen LogP contribution >= 0.6 is 0 Å². The molecule has 3 heteroatoms. The molecular formula is C15H29N3. The molecule has 0 aromatic carbocycles. The van der Waals surface area contributed by atoms with Crippen molar-refractivity contribution in [1.82, 2.24) is 9.78 Å². The van der Waals surface area contributed by atoms with E-state index in [2.05, 4.69) is 25.5 Å². The molecule has 0 bridgehead atoms. The molecule has 0 spiro atoms. The Hall–Kier alpha value is -0.830. The van der Waals surface area contributed by atoms with Gasteiger partial charge in [0.2, 0.25) is 0 Å². The Balaban J connectivity index is 2.61. The van der Waals surface area contributed by atoms with Crippen molar-refractivity contribution in [3.05, 3.63) is 17.0 Å². The van der Waals surface area contributed by atoms with Gasteiger partial charge >= 0.3 is 0 Å². The van der Waals surface area contributed by atoms with Crippen LogP contribution in [0.2, 0.25) is 0 Å². The lowest BCUT2D eigenvalue weighted by molar-refractivity contribution is 0.516. The molecule has 3 nitrogen and oxygen atoms in total. The summed E-state index contributed by atoms with van der Waals surface area (Å²) in [6.07, 6.45) is 8.59. The van der Waals surface area contributed by atoms with Gasteiger partial charge in [0.15, 0.2) is 0 Å². The van der Waals surface area contributed by atoms with Gasteiger partial charge in [-0.05, 0) is 19.3 Å². The van der Waals surface area contributed by atoms with E-state index in [9.17, 15) is 0 Å². The third kappa shape index (κ3) is 3.84. The van der Waals surface area contributed by atoms with E-state index < -0.39 is 0 Å². The van der Waals surface area contributed by atoms with Gasteiger partial charge in [0.1, 0.15) is 0 Å². The zero-order valence-electron chi connectivity index (χ0n) is 12.3. The van der Waals surface area contributed by atoms with Crippen LogP contribution in [-0.4, -0.2) is 9.78 Å². The molecule has 0 saturated carbocycles. The Kier molecular flexibility index (Phi) is 7.02. The van der Waals surface area contributed by atoms with Crippen LogP contribution in [-0.2, 0) is 25.9 Å². The highest BCUT2D eigenvalue weighted by Gasteiger charge is 2.13. The fourth-order valence-electron chi connectivity index (χ4n) is 2.55. The molecule has 0 unspecified atom stereocenters. The topological polar surface area (TPSA) is 43.8 Å². The van der Waals surface area contributed by atoms with Crippen LogP contribution in [0.15, 0.2) is 0 Å². The fourth-order valence-corrected chi connectivity index (χ4v) is 2.55. The van der Waals surface area contributed by atoms with E-state index >= 15 is 0 Å². The summed E-state index contributed by atoms with van der Waals surface area (Å²) in [4.78, 5) is 0. The van der Waals surface area contributed by atoms with Gasteiger partial charge in [-0.2, -0.15) is 5.10 Å². The largest absolute Gasteiger partial charge is 0.326 e. The van der Waals surface area contributed by atoms with Gasteiger partial charge in [-0.25, -0.2) is 0 Å². The molecule has 1 rings (SSSR count). The Bertz CT molecular complexity index is 342. The molecule has 0 fully saturated rings. The number of nitrogens with two attached hydrogens (primary N) is 1. The van der Waals surface area contributed by atoms with Crippen LogP contribution in [0.25, 0.3) is 0 Å². The number of hydrogen-bond donors (Lipinski definition) is 1. The number of unbranched alkanes of at least 4 members (excludes halogenated alkanes) is 4. The standard InChI is InChI=1S/C15H29N3/c1-4-7-8-9-10-11-18-15(6-3)13(12-16)14(5-2)17-18/h4-12,16H2,1-3H3. The van der Waals surface area contributed by atoms with Gasteiger partial charge < -0.3 is 5.73 Å². The van der Waals surface area contributed by atoms with Crippen molar-refractivity contribution in [3.8, 4) is 0 Å². The second-order valence-corrected chi connectivity index (χ2v) is 4.92. The minimum absolute atomic E-state index is 0.627. The van der Waals surface area contributed by atoms with Crippen molar-refractivity contribution < 1.29 is 0 Å². The summed E-state index contributed by atoms with van der Waals surface area (Å²) in [5, 5.41) is 4.72. The number of rotatable bonds is 9. The summed E-state index contributed by atoms with van der Waals surface area (Å²) in [7, 11) is 0. The summed E-state index contributed by atoms with van der Waals surface area (Å²) in [5.41, 5.74) is 9.69. The van der Waals surface area contributed by atoms with Crippen molar-refractivity contribution in [2.75, 3.05) is 0 Å². The summed E-state index contributed by atoms with van der Waals surface area (Å²) in [6, 6.07) is 0. The van der Waals surface area contributed by atoms with E-state index in [1.54, 1.807) is 0 Å². The molecule has 0 atom stereocenters. The first-order valence-corrected chi connectivity index (χ1v) is 7.55. The first-order valence-electron chi connectivity index (χ1n) is 7.55. The molecule has 0 amide bonds. The van der Waals surface area contributed by atoms with E-state index in [1.807, 2.05) is 0 Å². The first kappa shape index (κ1) is 15.2. The maximum Gasteiger partial charge on any atom is 0.0669 e. The predicted molar refractivity (Wildman–Crippen MR) is 77.6 cm³/mol. The SMILES string of the molecule is CCCCCCCn1nc(CC)c(CN)c1CC. The lowest BCUT2D eigenvalue weighted by Crippen LogP contribution is -2.07. The quantitative estimate of drug-likeness (QED) is 0.683. The zero-order chi connectivity index (χ0) is 13.4. The van der Waals surface area contributed by atoms with E-state index in [0.717, 1.165) is 19.4 Å². The Morgan fingerprint density at radius 3 is 2.28 bits per heavy atom. The normalized spacial score (nSPS) is 11.1. The van der Waals surface area contributed by atoms with Crippen LogP contribution in [0.3, 0.4) is 0 Å². The van der Waals surface area contributed by atoms with Gasteiger partial charge in [-0.1, -0.05) is 46.5 Å². The molecule has 1 heterocycles. The molecule has 2 N–H and O–H groups in total. The van der Waals surface area contributed by atoms with E-state index in [-0.39, 0.29) is 0 Å². The number of nitrogens with zero attached hydrogens (tertiary/aromatic N) is 2. The second-order valence-electron chi connectivity index (χ2n) is 4.92. The Morgan fingerprint density at radius 1 is 1.00 bits per heavy atom. The molecular weight excluding hydrogens is 222 g/mol. The first-order chi connectivity index (χ1) is 8.78. The van der Waals surface area contributed by atoms with Gasteiger partial charge in [0.05, 0.1) is 5.69 Å². The number of hydrogen-bond acceptors (Lipinski definition) is 2. The smallest absolute Gasteiger partial charge is 0.0669 e. The van der Waals surface area contributed by atoms with Crippen LogP contribution < -0.4 is 5.73 Å². The van der Waals surface area contributed by atoms with Gasteiger partial charge in [-0.15, -0.1) is 0 Å². The molecule has 0 aliphatic rings. The van der Waals surface area contributed by atoms with Crippen molar-refractivity contribution in [2.45, 2.75) is 78.8 Å². The van der Waals surface area contributed by atoms with Crippen LogP contribution in [0.5, 0.6) is 0 Å². The maximum atomic E-state index is 5.86. The molecule has 0 aliphatic heterocycles. The third-order valence-electron chi connectivity index (χ3n) is 3.60. The summed E-state index contributed by atoms with van der Waals surface area (Å²) < 4.78 is 2.20. The molecule has 0 saturated heterocycles. The van der Waals surface area contributed by atoms with Crippen molar-refractivity contribution in [1.29, 1.82) is 0 Å². The predicted octanol–water partition coefficient (Wildman–Crippen LogP) is 3.44. The van der Waals surface area contributed by atoms with E-state index in [4.69, 9.17) is 10.8 Å². The van der Waals surface area contributed by atoms with Crippen molar-refractivity contribution in [3.63, 3.8) is 0 Å². The third-order valence-corrected chi connectivity index (χ3v) is 3.60. The summed E-state index contributed by atoms with van der Waals surface area (Å²) in [5.74, 6) is 0. The molecule has 1 aromatic heterocycles. The monoisotopic (exact) mass is 251 g/mol. The van der Waals surface area contributed by atoms with Gasteiger partial charge in [-0.3, -0.25) is 4.68 Å². The average Bonchev–Trinajstić information content (AvgIpc) is 2.75.